The monoisotopic (exact) mass is 351 g/mol. The molecule has 3 aromatic rings. The third-order valence-electron chi connectivity index (χ3n) is 4.51. The van der Waals surface area contributed by atoms with Crippen LogP contribution in [0.5, 0.6) is 5.75 Å². The second-order valence-electron chi connectivity index (χ2n) is 6.16. The lowest BCUT2D eigenvalue weighted by Gasteiger charge is -2.09. The zero-order valence-corrected chi connectivity index (χ0v) is 14.9. The van der Waals surface area contributed by atoms with Crippen molar-refractivity contribution in [3.63, 3.8) is 0 Å². The molecule has 1 N–H and O–H groups in total. The molecule has 0 radical (unpaired) electrons. The lowest BCUT2D eigenvalue weighted by atomic mass is 10.0. The highest BCUT2D eigenvalue weighted by Crippen LogP contribution is 2.27. The molecule has 0 unspecified atom stereocenters. The van der Waals surface area contributed by atoms with Crippen LogP contribution in [0.4, 0.5) is 5.69 Å². The first-order valence-electron chi connectivity index (χ1n) is 8.52. The Morgan fingerprint density at radius 2 is 1.60 bits per heavy atom. The van der Waals surface area contributed by atoms with E-state index in [0.29, 0.717) is 6.61 Å². The van der Waals surface area contributed by atoms with Crippen LogP contribution in [0.3, 0.4) is 0 Å². The Balaban J connectivity index is 0.00000182. The van der Waals surface area contributed by atoms with Gasteiger partial charge in [-0.3, -0.25) is 0 Å². The molecule has 0 bridgehead atoms. The van der Waals surface area contributed by atoms with E-state index >= 15 is 0 Å². The van der Waals surface area contributed by atoms with Crippen molar-refractivity contribution in [2.45, 2.75) is 12.8 Å². The van der Waals surface area contributed by atoms with Crippen LogP contribution >= 0.6 is 12.4 Å². The smallest absolute Gasteiger partial charge is 0.121 e. The molecule has 3 heteroatoms. The zero-order chi connectivity index (χ0) is 16.2. The van der Waals surface area contributed by atoms with Crippen LogP contribution in [0.2, 0.25) is 0 Å². The Bertz CT molecular complexity index is 815. The van der Waals surface area contributed by atoms with E-state index in [2.05, 4.69) is 72.0 Å². The van der Waals surface area contributed by atoms with Gasteiger partial charge in [0.25, 0.3) is 0 Å². The third-order valence-corrected chi connectivity index (χ3v) is 4.51. The molecule has 3 aromatic carbocycles. The Morgan fingerprint density at radius 3 is 2.40 bits per heavy atom. The van der Waals surface area contributed by atoms with E-state index in [1.54, 1.807) is 0 Å². The Hall–Kier alpha value is -2.45. The van der Waals surface area contributed by atoms with Gasteiger partial charge in [-0.2, -0.15) is 0 Å². The molecule has 0 saturated heterocycles. The molecule has 0 saturated carbocycles. The lowest BCUT2D eigenvalue weighted by molar-refractivity contribution is 0.322. The number of anilines is 1. The summed E-state index contributed by atoms with van der Waals surface area (Å²) in [6, 6.07) is 25.6. The van der Waals surface area contributed by atoms with Crippen LogP contribution in [0.15, 0.2) is 72.8 Å². The van der Waals surface area contributed by atoms with Gasteiger partial charge >= 0.3 is 0 Å². The number of rotatable bonds is 5. The van der Waals surface area contributed by atoms with E-state index < -0.39 is 0 Å². The summed E-state index contributed by atoms with van der Waals surface area (Å²) in [5.74, 6) is 0.948. The van der Waals surface area contributed by atoms with Gasteiger partial charge in [0.05, 0.1) is 6.61 Å². The minimum atomic E-state index is 0. The quantitative estimate of drug-likeness (QED) is 0.667. The fraction of sp³-hybridized carbons (Fsp3) is 0.182. The molecule has 1 heterocycles. The average Bonchev–Trinajstić information content (AvgIpc) is 3.11. The normalized spacial score (nSPS) is 12.0. The van der Waals surface area contributed by atoms with Crippen molar-refractivity contribution in [1.29, 1.82) is 0 Å². The SMILES string of the molecule is Cl.c1ccc(-c2ccc(CCOc3ccc4c(c3)NCC4)cc2)cc1. The minimum Gasteiger partial charge on any atom is -0.493 e. The van der Waals surface area contributed by atoms with Gasteiger partial charge in [-0.1, -0.05) is 60.7 Å². The molecule has 1 aliphatic heterocycles. The Morgan fingerprint density at radius 1 is 0.840 bits per heavy atom. The summed E-state index contributed by atoms with van der Waals surface area (Å²) >= 11 is 0. The lowest BCUT2D eigenvalue weighted by Crippen LogP contribution is -2.01. The van der Waals surface area contributed by atoms with E-state index in [4.69, 9.17) is 4.74 Å². The van der Waals surface area contributed by atoms with Crippen molar-refractivity contribution < 1.29 is 4.74 Å². The third kappa shape index (κ3) is 4.15. The Labute approximate surface area is 155 Å². The van der Waals surface area contributed by atoms with Crippen LogP contribution in [-0.4, -0.2) is 13.2 Å². The average molecular weight is 352 g/mol. The second kappa shape index (κ2) is 8.09. The van der Waals surface area contributed by atoms with Gasteiger partial charge in [0, 0.05) is 24.7 Å². The summed E-state index contributed by atoms with van der Waals surface area (Å²) in [6.45, 7) is 1.73. The number of hydrogen-bond donors (Lipinski definition) is 1. The molecule has 128 valence electrons. The number of halogens is 1. The molecular weight excluding hydrogens is 330 g/mol. The molecule has 0 amide bonds. The summed E-state index contributed by atoms with van der Waals surface area (Å²) in [6.07, 6.45) is 2.03. The number of fused-ring (bicyclic) bond motifs is 1. The maximum Gasteiger partial charge on any atom is 0.121 e. The fourth-order valence-corrected chi connectivity index (χ4v) is 3.14. The number of benzene rings is 3. The molecule has 0 aliphatic carbocycles. The first-order valence-corrected chi connectivity index (χ1v) is 8.52. The number of nitrogens with one attached hydrogen (secondary N) is 1. The molecule has 0 spiro atoms. The second-order valence-corrected chi connectivity index (χ2v) is 6.16. The molecule has 1 aliphatic rings. The summed E-state index contributed by atoms with van der Waals surface area (Å²) in [7, 11) is 0. The summed E-state index contributed by atoms with van der Waals surface area (Å²) < 4.78 is 5.91. The van der Waals surface area contributed by atoms with Gasteiger partial charge in [0.2, 0.25) is 0 Å². The predicted molar refractivity (Wildman–Crippen MR) is 107 cm³/mol. The van der Waals surface area contributed by atoms with Crippen molar-refractivity contribution in [3.05, 3.63) is 83.9 Å². The largest absolute Gasteiger partial charge is 0.493 e. The molecule has 0 fully saturated rings. The minimum absolute atomic E-state index is 0. The van der Waals surface area contributed by atoms with Crippen LogP contribution < -0.4 is 10.1 Å². The van der Waals surface area contributed by atoms with Crippen LogP contribution in [0.25, 0.3) is 11.1 Å². The van der Waals surface area contributed by atoms with Crippen LogP contribution in [0, 0.1) is 0 Å². The standard InChI is InChI=1S/C22H21NO.ClH/c1-2-4-18(5-3-1)19-8-6-17(7-9-19)13-15-24-21-11-10-20-12-14-23-22(20)16-21;/h1-11,16,23H,12-15H2;1H. The van der Waals surface area contributed by atoms with Gasteiger partial charge in [-0.05, 0) is 34.7 Å². The highest BCUT2D eigenvalue weighted by Gasteiger charge is 2.10. The van der Waals surface area contributed by atoms with Crippen molar-refractivity contribution >= 4 is 18.1 Å². The van der Waals surface area contributed by atoms with E-state index in [-0.39, 0.29) is 12.4 Å². The van der Waals surface area contributed by atoms with E-state index in [1.165, 1.54) is 27.9 Å². The molecule has 4 rings (SSSR count). The highest BCUT2D eigenvalue weighted by atomic mass is 35.5. The van der Waals surface area contributed by atoms with Crippen LogP contribution in [0.1, 0.15) is 11.1 Å². The van der Waals surface area contributed by atoms with Crippen molar-refractivity contribution in [2.75, 3.05) is 18.5 Å². The van der Waals surface area contributed by atoms with Crippen molar-refractivity contribution in [1.82, 2.24) is 0 Å². The zero-order valence-electron chi connectivity index (χ0n) is 14.1. The first kappa shape index (κ1) is 17.4. The molecule has 25 heavy (non-hydrogen) atoms. The molecule has 0 atom stereocenters. The maximum atomic E-state index is 5.91. The molecule has 2 nitrogen and oxygen atoms in total. The van der Waals surface area contributed by atoms with Crippen molar-refractivity contribution in [2.24, 2.45) is 0 Å². The highest BCUT2D eigenvalue weighted by molar-refractivity contribution is 5.85. The van der Waals surface area contributed by atoms with E-state index in [1.807, 2.05) is 6.07 Å². The van der Waals surface area contributed by atoms with E-state index in [0.717, 1.165) is 25.1 Å². The Kier molecular flexibility index (Phi) is 5.62. The topological polar surface area (TPSA) is 21.3 Å². The molecule has 0 aromatic heterocycles. The summed E-state index contributed by atoms with van der Waals surface area (Å²) in [5, 5.41) is 3.39. The maximum absolute atomic E-state index is 5.91. The van der Waals surface area contributed by atoms with Gasteiger partial charge in [0.15, 0.2) is 0 Å². The summed E-state index contributed by atoms with van der Waals surface area (Å²) in [4.78, 5) is 0. The predicted octanol–water partition coefficient (Wildman–Crippen LogP) is 5.36. The van der Waals surface area contributed by atoms with Gasteiger partial charge in [0.1, 0.15) is 5.75 Å². The summed E-state index contributed by atoms with van der Waals surface area (Å²) in [5.41, 5.74) is 6.42. The van der Waals surface area contributed by atoms with Gasteiger partial charge in [-0.25, -0.2) is 0 Å². The number of ether oxygens (including phenoxy) is 1. The van der Waals surface area contributed by atoms with Gasteiger partial charge < -0.3 is 10.1 Å². The van der Waals surface area contributed by atoms with E-state index in [9.17, 15) is 0 Å². The first-order chi connectivity index (χ1) is 11.9. The van der Waals surface area contributed by atoms with Crippen molar-refractivity contribution in [3.8, 4) is 16.9 Å². The van der Waals surface area contributed by atoms with Gasteiger partial charge in [-0.15, -0.1) is 12.4 Å². The number of hydrogen-bond acceptors (Lipinski definition) is 2. The molecular formula is C22H22ClNO. The van der Waals surface area contributed by atoms with Crippen LogP contribution in [-0.2, 0) is 12.8 Å². The fourth-order valence-electron chi connectivity index (χ4n) is 3.14.